The minimum Gasteiger partial charge on any atom is -0.297 e. The minimum atomic E-state index is -0.182. The summed E-state index contributed by atoms with van der Waals surface area (Å²) in [4.78, 5) is 15.4. The van der Waals surface area contributed by atoms with Crippen LogP contribution >= 0.6 is 0 Å². The molecule has 2 rings (SSSR count). The molecule has 2 aliphatic rings. The lowest BCUT2D eigenvalue weighted by Crippen LogP contribution is -2.53. The summed E-state index contributed by atoms with van der Waals surface area (Å²) in [6, 6.07) is 0. The first-order valence-electron chi connectivity index (χ1n) is 7.87. The minimum absolute atomic E-state index is 0.182. The van der Waals surface area contributed by atoms with E-state index >= 15 is 0 Å². The molecule has 1 saturated carbocycles. The zero-order valence-corrected chi connectivity index (χ0v) is 12.4. The van der Waals surface area contributed by atoms with Gasteiger partial charge in [0.15, 0.2) is 5.78 Å². The summed E-state index contributed by atoms with van der Waals surface area (Å²) in [6.07, 6.45) is 8.33. The first kappa shape index (κ1) is 14.0. The molecule has 1 heterocycles. The van der Waals surface area contributed by atoms with E-state index in [1.54, 1.807) is 0 Å². The summed E-state index contributed by atoms with van der Waals surface area (Å²) in [6.45, 7) is 8.93. The third kappa shape index (κ3) is 2.64. The molecule has 0 aromatic heterocycles. The molecular weight excluding hydrogens is 222 g/mol. The molecule has 3 unspecified atom stereocenters. The van der Waals surface area contributed by atoms with E-state index in [0.717, 1.165) is 38.3 Å². The summed E-state index contributed by atoms with van der Waals surface area (Å²) in [5.74, 6) is 1.62. The summed E-state index contributed by atoms with van der Waals surface area (Å²) >= 11 is 0. The molecule has 2 nitrogen and oxygen atoms in total. The number of rotatable bonds is 4. The van der Waals surface area contributed by atoms with Gasteiger partial charge in [-0.05, 0) is 58.0 Å². The second-order valence-electron chi connectivity index (χ2n) is 6.65. The third-order valence-electron chi connectivity index (χ3n) is 5.33. The van der Waals surface area contributed by atoms with Crippen molar-refractivity contribution in [1.29, 1.82) is 0 Å². The van der Waals surface area contributed by atoms with E-state index in [1.165, 1.54) is 25.7 Å². The van der Waals surface area contributed by atoms with E-state index < -0.39 is 0 Å². The Bertz CT molecular complexity index is 295. The van der Waals surface area contributed by atoms with Gasteiger partial charge in [0.25, 0.3) is 0 Å². The lowest BCUT2D eigenvalue weighted by molar-refractivity contribution is -0.135. The van der Waals surface area contributed by atoms with Crippen LogP contribution in [0.2, 0.25) is 0 Å². The Balaban J connectivity index is 2.08. The number of ketones is 1. The van der Waals surface area contributed by atoms with Crippen molar-refractivity contribution in [2.24, 2.45) is 11.8 Å². The van der Waals surface area contributed by atoms with Crippen molar-refractivity contribution in [1.82, 2.24) is 4.90 Å². The van der Waals surface area contributed by atoms with Crippen LogP contribution in [0.4, 0.5) is 0 Å². The van der Waals surface area contributed by atoms with Crippen molar-refractivity contribution >= 4 is 5.78 Å². The quantitative estimate of drug-likeness (QED) is 0.760. The van der Waals surface area contributed by atoms with Crippen LogP contribution in [0, 0.1) is 11.8 Å². The standard InChI is InChI=1S/C16H29NO/c1-4-16(3,17-10-5-6-11-17)15(18)14-9-7-8-13(2)12-14/h13-14H,4-12H2,1-3H3. The molecular formula is C16H29NO. The number of carbonyl (C=O) groups is 1. The van der Waals surface area contributed by atoms with Gasteiger partial charge < -0.3 is 0 Å². The Morgan fingerprint density at radius 3 is 2.44 bits per heavy atom. The maximum absolute atomic E-state index is 12.9. The van der Waals surface area contributed by atoms with Crippen LogP contribution in [0.3, 0.4) is 0 Å². The van der Waals surface area contributed by atoms with Crippen molar-refractivity contribution in [2.75, 3.05) is 13.1 Å². The molecule has 0 aromatic rings. The van der Waals surface area contributed by atoms with Gasteiger partial charge in [-0.1, -0.05) is 26.7 Å². The molecule has 0 radical (unpaired) electrons. The van der Waals surface area contributed by atoms with Gasteiger partial charge in [0, 0.05) is 5.92 Å². The van der Waals surface area contributed by atoms with Crippen LogP contribution in [0.1, 0.15) is 65.7 Å². The second kappa shape index (κ2) is 5.73. The molecule has 1 saturated heterocycles. The van der Waals surface area contributed by atoms with Crippen LogP contribution in [-0.2, 0) is 4.79 Å². The number of hydrogen-bond acceptors (Lipinski definition) is 2. The van der Waals surface area contributed by atoms with Crippen LogP contribution in [0.25, 0.3) is 0 Å². The van der Waals surface area contributed by atoms with Gasteiger partial charge in [-0.2, -0.15) is 0 Å². The van der Waals surface area contributed by atoms with E-state index in [1.807, 2.05) is 0 Å². The monoisotopic (exact) mass is 251 g/mol. The average molecular weight is 251 g/mol. The lowest BCUT2D eigenvalue weighted by atomic mass is 9.74. The molecule has 104 valence electrons. The zero-order chi connectivity index (χ0) is 13.2. The van der Waals surface area contributed by atoms with E-state index in [4.69, 9.17) is 0 Å². The number of carbonyl (C=O) groups excluding carboxylic acids is 1. The largest absolute Gasteiger partial charge is 0.297 e. The molecule has 2 fully saturated rings. The fourth-order valence-corrected chi connectivity index (χ4v) is 3.88. The molecule has 3 atom stereocenters. The fraction of sp³-hybridized carbons (Fsp3) is 0.938. The SMILES string of the molecule is CCC(C)(C(=O)C1CCCC(C)C1)N1CCCC1. The van der Waals surface area contributed by atoms with Crippen LogP contribution in [0.5, 0.6) is 0 Å². The highest BCUT2D eigenvalue weighted by atomic mass is 16.1. The number of nitrogens with zero attached hydrogens (tertiary/aromatic N) is 1. The van der Waals surface area contributed by atoms with Gasteiger partial charge in [-0.3, -0.25) is 9.69 Å². The van der Waals surface area contributed by atoms with Crippen molar-refractivity contribution in [3.05, 3.63) is 0 Å². The smallest absolute Gasteiger partial charge is 0.155 e. The molecule has 1 aliphatic carbocycles. The average Bonchev–Trinajstić information content (AvgIpc) is 2.91. The topological polar surface area (TPSA) is 20.3 Å². The highest BCUT2D eigenvalue weighted by Crippen LogP contribution is 2.35. The normalized spacial score (nSPS) is 33.3. The van der Waals surface area contributed by atoms with Gasteiger partial charge in [0.1, 0.15) is 0 Å². The molecule has 0 aromatic carbocycles. The Hall–Kier alpha value is -0.370. The van der Waals surface area contributed by atoms with Gasteiger partial charge >= 0.3 is 0 Å². The van der Waals surface area contributed by atoms with Gasteiger partial charge in [0.2, 0.25) is 0 Å². The van der Waals surface area contributed by atoms with Gasteiger partial charge in [-0.25, -0.2) is 0 Å². The lowest BCUT2D eigenvalue weighted by Gasteiger charge is -2.40. The van der Waals surface area contributed by atoms with E-state index in [2.05, 4.69) is 25.7 Å². The van der Waals surface area contributed by atoms with Crippen molar-refractivity contribution in [3.63, 3.8) is 0 Å². The Morgan fingerprint density at radius 1 is 1.22 bits per heavy atom. The first-order valence-corrected chi connectivity index (χ1v) is 7.87. The number of hydrogen-bond donors (Lipinski definition) is 0. The molecule has 0 N–H and O–H groups in total. The molecule has 0 amide bonds. The maximum atomic E-state index is 12.9. The first-order chi connectivity index (χ1) is 8.58. The van der Waals surface area contributed by atoms with Crippen molar-refractivity contribution in [3.8, 4) is 0 Å². The Kier molecular flexibility index (Phi) is 4.47. The van der Waals surface area contributed by atoms with E-state index in [-0.39, 0.29) is 5.54 Å². The second-order valence-corrected chi connectivity index (χ2v) is 6.65. The number of likely N-dealkylation sites (tertiary alicyclic amines) is 1. The Morgan fingerprint density at radius 2 is 1.89 bits per heavy atom. The molecule has 18 heavy (non-hydrogen) atoms. The molecule has 0 bridgehead atoms. The van der Waals surface area contributed by atoms with Crippen LogP contribution in [0.15, 0.2) is 0 Å². The summed E-state index contributed by atoms with van der Waals surface area (Å²) in [7, 11) is 0. The summed E-state index contributed by atoms with van der Waals surface area (Å²) in [5.41, 5.74) is -0.182. The van der Waals surface area contributed by atoms with Crippen molar-refractivity contribution in [2.45, 2.75) is 71.3 Å². The third-order valence-corrected chi connectivity index (χ3v) is 5.33. The van der Waals surface area contributed by atoms with Gasteiger partial charge in [-0.15, -0.1) is 0 Å². The summed E-state index contributed by atoms with van der Waals surface area (Å²) in [5, 5.41) is 0. The highest BCUT2D eigenvalue weighted by molar-refractivity contribution is 5.90. The number of Topliss-reactive ketones (excluding diaryl/α,β-unsaturated/α-hetero) is 1. The predicted molar refractivity (Wildman–Crippen MR) is 75.6 cm³/mol. The Labute approximate surface area is 112 Å². The van der Waals surface area contributed by atoms with Crippen LogP contribution in [-0.4, -0.2) is 29.3 Å². The predicted octanol–water partition coefficient (Wildman–Crippen LogP) is 3.65. The van der Waals surface area contributed by atoms with Crippen molar-refractivity contribution < 1.29 is 4.79 Å². The molecule has 2 heteroatoms. The molecule has 1 aliphatic heterocycles. The van der Waals surface area contributed by atoms with Crippen LogP contribution < -0.4 is 0 Å². The maximum Gasteiger partial charge on any atom is 0.155 e. The van der Waals surface area contributed by atoms with E-state index in [0.29, 0.717) is 11.7 Å². The molecule has 0 spiro atoms. The highest BCUT2D eigenvalue weighted by Gasteiger charge is 2.42. The van der Waals surface area contributed by atoms with E-state index in [9.17, 15) is 4.79 Å². The fourth-order valence-electron chi connectivity index (χ4n) is 3.88. The van der Waals surface area contributed by atoms with Gasteiger partial charge in [0.05, 0.1) is 5.54 Å². The summed E-state index contributed by atoms with van der Waals surface area (Å²) < 4.78 is 0. The zero-order valence-electron chi connectivity index (χ0n) is 12.4.